The van der Waals surface area contributed by atoms with Crippen LogP contribution < -0.4 is 5.56 Å². The molecule has 0 aliphatic heterocycles. The summed E-state index contributed by atoms with van der Waals surface area (Å²) in [7, 11) is 1.83. The highest BCUT2D eigenvalue weighted by Gasteiger charge is 2.09. The number of rotatable bonds is 4. The molecule has 2 N–H and O–H groups in total. The fraction of sp³-hybridized carbons (Fsp3) is 0.214. The molecule has 0 aliphatic rings. The summed E-state index contributed by atoms with van der Waals surface area (Å²) >= 11 is 7.33. The van der Waals surface area contributed by atoms with Gasteiger partial charge in [0.2, 0.25) is 0 Å². The summed E-state index contributed by atoms with van der Waals surface area (Å²) in [6, 6.07) is 5.04. The number of aliphatic hydroxyl groups excluding tert-OH is 1. The van der Waals surface area contributed by atoms with Crippen LogP contribution in [0, 0.1) is 0 Å². The van der Waals surface area contributed by atoms with Crippen molar-refractivity contribution in [2.24, 2.45) is 7.05 Å². The van der Waals surface area contributed by atoms with Gasteiger partial charge in [-0.2, -0.15) is 0 Å². The van der Waals surface area contributed by atoms with Crippen LogP contribution in [0.3, 0.4) is 0 Å². The average molecular weight is 337 g/mol. The SMILES string of the molecule is Cn1c(CO)cnc1SCc1nc2ccc(Cl)cc2c(=O)[nH]1. The van der Waals surface area contributed by atoms with E-state index in [-0.39, 0.29) is 12.2 Å². The maximum atomic E-state index is 12.1. The van der Waals surface area contributed by atoms with Crippen molar-refractivity contribution < 1.29 is 5.11 Å². The van der Waals surface area contributed by atoms with Gasteiger partial charge < -0.3 is 14.7 Å². The number of halogens is 1. The Labute approximate surface area is 135 Å². The zero-order chi connectivity index (χ0) is 15.7. The van der Waals surface area contributed by atoms with Crippen LogP contribution in [-0.4, -0.2) is 24.6 Å². The molecule has 114 valence electrons. The van der Waals surface area contributed by atoms with Crippen LogP contribution in [0.2, 0.25) is 5.02 Å². The van der Waals surface area contributed by atoms with E-state index in [0.29, 0.717) is 27.5 Å². The molecular weight excluding hydrogens is 324 g/mol. The molecule has 0 spiro atoms. The summed E-state index contributed by atoms with van der Waals surface area (Å²) in [4.78, 5) is 23.5. The summed E-state index contributed by atoms with van der Waals surface area (Å²) < 4.78 is 1.81. The molecule has 3 aromatic rings. The van der Waals surface area contributed by atoms with E-state index < -0.39 is 0 Å². The highest BCUT2D eigenvalue weighted by atomic mass is 35.5. The van der Waals surface area contributed by atoms with Crippen LogP contribution in [0.25, 0.3) is 10.9 Å². The lowest BCUT2D eigenvalue weighted by molar-refractivity contribution is 0.271. The molecule has 0 amide bonds. The molecule has 1 aromatic carbocycles. The smallest absolute Gasteiger partial charge is 0.258 e. The predicted octanol–water partition coefficient (Wildman–Crippen LogP) is 2.09. The molecule has 0 atom stereocenters. The number of aromatic amines is 1. The van der Waals surface area contributed by atoms with E-state index in [2.05, 4.69) is 15.0 Å². The maximum Gasteiger partial charge on any atom is 0.258 e. The minimum atomic E-state index is -0.209. The molecule has 22 heavy (non-hydrogen) atoms. The van der Waals surface area contributed by atoms with Gasteiger partial charge >= 0.3 is 0 Å². The van der Waals surface area contributed by atoms with Crippen LogP contribution in [0.15, 0.2) is 34.3 Å². The molecule has 0 radical (unpaired) electrons. The zero-order valence-electron chi connectivity index (χ0n) is 11.7. The van der Waals surface area contributed by atoms with Crippen molar-refractivity contribution >= 4 is 34.3 Å². The minimum Gasteiger partial charge on any atom is -0.390 e. The summed E-state index contributed by atoms with van der Waals surface area (Å²) in [5, 5.41) is 10.9. The molecule has 3 rings (SSSR count). The van der Waals surface area contributed by atoms with Gasteiger partial charge in [-0.05, 0) is 18.2 Å². The molecule has 6 nitrogen and oxygen atoms in total. The van der Waals surface area contributed by atoms with Crippen molar-refractivity contribution in [3.63, 3.8) is 0 Å². The van der Waals surface area contributed by atoms with Gasteiger partial charge in [-0.15, -0.1) is 0 Å². The molecule has 2 aromatic heterocycles. The summed E-state index contributed by atoms with van der Waals surface area (Å²) in [5.41, 5.74) is 1.13. The third kappa shape index (κ3) is 2.87. The second-order valence-electron chi connectivity index (χ2n) is 4.71. The van der Waals surface area contributed by atoms with Crippen molar-refractivity contribution in [2.45, 2.75) is 17.5 Å². The molecule has 0 saturated heterocycles. The fourth-order valence-corrected chi connectivity index (χ4v) is 3.08. The van der Waals surface area contributed by atoms with Crippen molar-refractivity contribution in [1.29, 1.82) is 0 Å². The number of hydrogen-bond acceptors (Lipinski definition) is 5. The number of H-pyrrole nitrogens is 1. The molecule has 8 heteroatoms. The Hall–Kier alpha value is -1.83. The number of nitrogens with zero attached hydrogens (tertiary/aromatic N) is 3. The monoisotopic (exact) mass is 336 g/mol. The van der Waals surface area contributed by atoms with E-state index in [9.17, 15) is 4.79 Å². The van der Waals surface area contributed by atoms with Gasteiger partial charge in [0.15, 0.2) is 5.16 Å². The predicted molar refractivity (Wildman–Crippen MR) is 86.1 cm³/mol. The maximum absolute atomic E-state index is 12.1. The second kappa shape index (κ2) is 6.12. The van der Waals surface area contributed by atoms with Crippen LogP contribution >= 0.6 is 23.4 Å². The second-order valence-corrected chi connectivity index (χ2v) is 6.09. The number of aliphatic hydroxyl groups is 1. The summed E-state index contributed by atoms with van der Waals surface area (Å²) in [6.07, 6.45) is 1.63. The Morgan fingerprint density at radius 3 is 3.00 bits per heavy atom. The minimum absolute atomic E-state index is 0.0596. The lowest BCUT2D eigenvalue weighted by atomic mass is 10.2. The summed E-state index contributed by atoms with van der Waals surface area (Å²) in [5.74, 6) is 1.04. The van der Waals surface area contributed by atoms with Crippen molar-refractivity contribution in [3.8, 4) is 0 Å². The van der Waals surface area contributed by atoms with Gasteiger partial charge in [0.25, 0.3) is 5.56 Å². The molecule has 0 fully saturated rings. The average Bonchev–Trinajstić information content (AvgIpc) is 2.86. The Morgan fingerprint density at radius 1 is 1.45 bits per heavy atom. The van der Waals surface area contributed by atoms with E-state index in [1.807, 2.05) is 11.6 Å². The number of imidazole rings is 1. The Bertz CT molecular complexity index is 890. The first kappa shape index (κ1) is 15.1. The third-order valence-electron chi connectivity index (χ3n) is 3.26. The van der Waals surface area contributed by atoms with Gasteiger partial charge in [-0.3, -0.25) is 4.79 Å². The number of benzene rings is 1. The first-order chi connectivity index (χ1) is 10.6. The highest BCUT2D eigenvalue weighted by molar-refractivity contribution is 7.98. The number of thioether (sulfide) groups is 1. The lowest BCUT2D eigenvalue weighted by Gasteiger charge is -2.05. The van der Waals surface area contributed by atoms with Crippen LogP contribution in [0.5, 0.6) is 0 Å². The molecule has 0 aliphatic carbocycles. The highest BCUT2D eigenvalue weighted by Crippen LogP contribution is 2.21. The van der Waals surface area contributed by atoms with E-state index in [4.69, 9.17) is 16.7 Å². The molecule has 0 saturated carbocycles. The first-order valence-corrected chi connectivity index (χ1v) is 7.87. The van der Waals surface area contributed by atoms with Gasteiger partial charge in [-0.1, -0.05) is 23.4 Å². The van der Waals surface area contributed by atoms with Gasteiger partial charge in [0.05, 0.1) is 35.2 Å². The summed E-state index contributed by atoms with van der Waals surface area (Å²) in [6.45, 7) is -0.0596. The van der Waals surface area contributed by atoms with E-state index >= 15 is 0 Å². The molecule has 2 heterocycles. The van der Waals surface area contributed by atoms with Gasteiger partial charge in [-0.25, -0.2) is 9.97 Å². The van der Waals surface area contributed by atoms with Crippen molar-refractivity contribution in [3.05, 3.63) is 51.3 Å². The van der Waals surface area contributed by atoms with Crippen LogP contribution in [-0.2, 0) is 19.4 Å². The van der Waals surface area contributed by atoms with Gasteiger partial charge in [0, 0.05) is 12.1 Å². The quantitative estimate of drug-likeness (QED) is 0.713. The molecule has 0 unspecified atom stereocenters. The normalized spacial score (nSPS) is 11.2. The van der Waals surface area contributed by atoms with Crippen molar-refractivity contribution in [2.75, 3.05) is 0 Å². The van der Waals surface area contributed by atoms with E-state index in [0.717, 1.165) is 10.9 Å². The first-order valence-electron chi connectivity index (χ1n) is 6.51. The topological polar surface area (TPSA) is 83.8 Å². The Morgan fingerprint density at radius 2 is 2.27 bits per heavy atom. The fourth-order valence-electron chi connectivity index (χ4n) is 2.07. The Kier molecular flexibility index (Phi) is 4.19. The largest absolute Gasteiger partial charge is 0.390 e. The number of hydrogen-bond donors (Lipinski definition) is 2. The lowest BCUT2D eigenvalue weighted by Crippen LogP contribution is -2.11. The number of fused-ring (bicyclic) bond motifs is 1. The third-order valence-corrected chi connectivity index (χ3v) is 4.55. The number of nitrogens with one attached hydrogen (secondary N) is 1. The Balaban J connectivity index is 1.86. The standard InChI is InChI=1S/C14H13ClN4O2S/c1-19-9(6-20)5-16-14(19)22-7-12-17-11-3-2-8(15)4-10(11)13(21)18-12/h2-5,20H,6-7H2,1H3,(H,17,18,21). The van der Waals surface area contributed by atoms with Crippen LogP contribution in [0.1, 0.15) is 11.5 Å². The molecular formula is C14H13ClN4O2S. The number of aromatic nitrogens is 4. The molecule has 0 bridgehead atoms. The van der Waals surface area contributed by atoms with Gasteiger partial charge in [0.1, 0.15) is 5.82 Å². The van der Waals surface area contributed by atoms with Crippen LogP contribution in [0.4, 0.5) is 0 Å². The zero-order valence-corrected chi connectivity index (χ0v) is 13.3. The van der Waals surface area contributed by atoms with Crippen molar-refractivity contribution in [1.82, 2.24) is 19.5 Å². The van der Waals surface area contributed by atoms with E-state index in [1.165, 1.54) is 11.8 Å². The van der Waals surface area contributed by atoms with E-state index in [1.54, 1.807) is 24.4 Å².